The fourth-order valence-electron chi connectivity index (χ4n) is 1.81. The Kier molecular flexibility index (Phi) is 3.52. The van der Waals surface area contributed by atoms with Crippen LogP contribution in [0.15, 0.2) is 34.3 Å². The van der Waals surface area contributed by atoms with Gasteiger partial charge in [-0.1, -0.05) is 27.6 Å². The second kappa shape index (κ2) is 4.92. The third-order valence-corrected chi connectivity index (χ3v) is 3.41. The first-order valence-corrected chi connectivity index (χ1v) is 6.30. The zero-order valence-corrected chi connectivity index (χ0v) is 11.2. The second-order valence-corrected chi connectivity index (χ2v) is 5.13. The Balaban J connectivity index is 2.23. The first kappa shape index (κ1) is 12.2. The third-order valence-electron chi connectivity index (χ3n) is 2.91. The van der Waals surface area contributed by atoms with Crippen molar-refractivity contribution in [3.8, 4) is 5.75 Å². The predicted octanol–water partition coefficient (Wildman–Crippen LogP) is 2.95. The van der Waals surface area contributed by atoms with Crippen LogP contribution in [-0.4, -0.2) is 29.0 Å². The van der Waals surface area contributed by atoms with E-state index in [0.29, 0.717) is 18.7 Å². The number of halogens is 1. The number of hydrogen-bond acceptors (Lipinski definition) is 2. The number of carbonyl (C=O) groups is 1. The van der Waals surface area contributed by atoms with Crippen molar-refractivity contribution in [2.45, 2.75) is 13.3 Å². The van der Waals surface area contributed by atoms with Crippen molar-refractivity contribution in [1.29, 1.82) is 0 Å². The summed E-state index contributed by atoms with van der Waals surface area (Å²) in [5, 5.41) is 9.70. The maximum Gasteiger partial charge on any atom is 0.257 e. The van der Waals surface area contributed by atoms with Crippen LogP contribution in [0.25, 0.3) is 0 Å². The van der Waals surface area contributed by atoms with Gasteiger partial charge in [-0.2, -0.15) is 0 Å². The van der Waals surface area contributed by atoms with E-state index in [4.69, 9.17) is 0 Å². The van der Waals surface area contributed by atoms with Gasteiger partial charge in [0.15, 0.2) is 0 Å². The molecular weight excluding hydrogens is 282 g/mol. The van der Waals surface area contributed by atoms with Crippen LogP contribution < -0.4 is 0 Å². The monoisotopic (exact) mass is 295 g/mol. The van der Waals surface area contributed by atoms with Crippen molar-refractivity contribution < 1.29 is 9.90 Å². The Morgan fingerprint density at radius 2 is 2.24 bits per heavy atom. The Labute approximate surface area is 109 Å². The lowest BCUT2D eigenvalue weighted by Crippen LogP contribution is -2.34. The van der Waals surface area contributed by atoms with Crippen molar-refractivity contribution in [2.75, 3.05) is 13.1 Å². The van der Waals surface area contributed by atoms with Gasteiger partial charge in [0.2, 0.25) is 0 Å². The average Bonchev–Trinajstić information content (AvgIpc) is 2.32. The molecule has 0 radical (unpaired) electrons. The van der Waals surface area contributed by atoms with E-state index in [1.54, 1.807) is 17.0 Å². The van der Waals surface area contributed by atoms with Gasteiger partial charge in [0.1, 0.15) is 5.75 Å². The minimum absolute atomic E-state index is 0.0319. The molecule has 2 rings (SSSR count). The van der Waals surface area contributed by atoms with Crippen molar-refractivity contribution in [2.24, 2.45) is 0 Å². The summed E-state index contributed by atoms with van der Waals surface area (Å²) in [6, 6.07) is 4.90. The van der Waals surface area contributed by atoms with Gasteiger partial charge in [0.25, 0.3) is 5.91 Å². The molecule has 1 amide bonds. The molecule has 0 aliphatic carbocycles. The molecule has 3 nitrogen and oxygen atoms in total. The lowest BCUT2D eigenvalue weighted by Gasteiger charge is -2.25. The molecule has 0 spiro atoms. The Hall–Kier alpha value is -1.29. The predicted molar refractivity (Wildman–Crippen MR) is 70.1 cm³/mol. The summed E-state index contributed by atoms with van der Waals surface area (Å²) < 4.78 is 0.794. The topological polar surface area (TPSA) is 40.5 Å². The number of nitrogens with zero attached hydrogens (tertiary/aromatic N) is 1. The molecule has 1 aromatic carbocycles. The van der Waals surface area contributed by atoms with E-state index >= 15 is 0 Å². The minimum Gasteiger partial charge on any atom is -0.507 e. The summed E-state index contributed by atoms with van der Waals surface area (Å²) in [5.41, 5.74) is 1.67. The Bertz CT molecular complexity index is 482. The zero-order chi connectivity index (χ0) is 12.4. The molecule has 90 valence electrons. The summed E-state index contributed by atoms with van der Waals surface area (Å²) in [6.07, 6.45) is 2.96. The maximum absolute atomic E-state index is 12.2. The highest BCUT2D eigenvalue weighted by atomic mass is 79.9. The standard InChI is InChI=1S/C13H14BrNO2/c1-9-4-6-15(7-5-9)13(17)11-8-10(14)2-3-12(11)16/h2-4,8,16H,5-7H2,1H3. The zero-order valence-electron chi connectivity index (χ0n) is 9.61. The Morgan fingerprint density at radius 3 is 2.88 bits per heavy atom. The van der Waals surface area contributed by atoms with Crippen LogP contribution in [-0.2, 0) is 0 Å². The number of hydrogen-bond donors (Lipinski definition) is 1. The van der Waals surface area contributed by atoms with Crippen LogP contribution in [0.4, 0.5) is 0 Å². The van der Waals surface area contributed by atoms with Gasteiger partial charge in [-0.15, -0.1) is 0 Å². The third kappa shape index (κ3) is 2.69. The molecule has 1 N–H and O–H groups in total. The second-order valence-electron chi connectivity index (χ2n) is 4.21. The molecular formula is C13H14BrNO2. The molecule has 1 aliphatic rings. The van der Waals surface area contributed by atoms with Gasteiger partial charge >= 0.3 is 0 Å². The summed E-state index contributed by atoms with van der Waals surface area (Å²) in [4.78, 5) is 13.9. The molecule has 0 saturated heterocycles. The smallest absolute Gasteiger partial charge is 0.257 e. The summed E-state index contributed by atoms with van der Waals surface area (Å²) >= 11 is 3.30. The molecule has 1 aromatic rings. The molecule has 1 heterocycles. The van der Waals surface area contributed by atoms with Gasteiger partial charge in [-0.05, 0) is 31.5 Å². The number of benzene rings is 1. The molecule has 4 heteroatoms. The van der Waals surface area contributed by atoms with Gasteiger partial charge in [0.05, 0.1) is 5.56 Å². The number of phenols is 1. The highest BCUT2D eigenvalue weighted by Gasteiger charge is 2.20. The van der Waals surface area contributed by atoms with E-state index in [1.165, 1.54) is 11.6 Å². The Morgan fingerprint density at radius 1 is 1.47 bits per heavy atom. The van der Waals surface area contributed by atoms with Crippen molar-refractivity contribution in [3.05, 3.63) is 39.9 Å². The molecule has 0 unspecified atom stereocenters. The minimum atomic E-state index is -0.118. The molecule has 0 bridgehead atoms. The largest absolute Gasteiger partial charge is 0.507 e. The summed E-state index contributed by atoms with van der Waals surface area (Å²) in [6.45, 7) is 3.40. The first-order valence-electron chi connectivity index (χ1n) is 5.51. The molecule has 0 aromatic heterocycles. The van der Waals surface area contributed by atoms with E-state index in [-0.39, 0.29) is 11.7 Å². The van der Waals surface area contributed by atoms with Crippen LogP contribution in [0.5, 0.6) is 5.75 Å². The molecule has 0 atom stereocenters. The molecule has 0 fully saturated rings. The first-order chi connectivity index (χ1) is 8.08. The molecule has 1 aliphatic heterocycles. The van der Waals surface area contributed by atoms with Crippen LogP contribution in [0.2, 0.25) is 0 Å². The van der Waals surface area contributed by atoms with Gasteiger partial charge in [-0.3, -0.25) is 4.79 Å². The van der Waals surface area contributed by atoms with Crippen molar-refractivity contribution in [1.82, 2.24) is 4.90 Å². The normalized spacial score (nSPS) is 15.6. The molecule has 17 heavy (non-hydrogen) atoms. The number of amides is 1. The number of rotatable bonds is 1. The van der Waals surface area contributed by atoms with E-state index in [1.807, 2.05) is 0 Å². The molecule has 0 saturated carbocycles. The lowest BCUT2D eigenvalue weighted by molar-refractivity contribution is 0.0766. The SMILES string of the molecule is CC1=CCN(C(=O)c2cc(Br)ccc2O)CC1. The number of aromatic hydroxyl groups is 1. The van der Waals surface area contributed by atoms with E-state index in [9.17, 15) is 9.90 Å². The highest BCUT2D eigenvalue weighted by Crippen LogP contribution is 2.24. The van der Waals surface area contributed by atoms with E-state index in [2.05, 4.69) is 28.9 Å². The highest BCUT2D eigenvalue weighted by molar-refractivity contribution is 9.10. The fourth-order valence-corrected chi connectivity index (χ4v) is 2.17. The number of phenolic OH excluding ortho intramolecular Hbond substituents is 1. The van der Waals surface area contributed by atoms with Crippen molar-refractivity contribution >= 4 is 21.8 Å². The van der Waals surface area contributed by atoms with E-state index < -0.39 is 0 Å². The lowest BCUT2D eigenvalue weighted by atomic mass is 10.1. The van der Waals surface area contributed by atoms with Gasteiger partial charge in [0, 0.05) is 17.6 Å². The average molecular weight is 296 g/mol. The van der Waals surface area contributed by atoms with Crippen LogP contribution in [0.1, 0.15) is 23.7 Å². The van der Waals surface area contributed by atoms with Crippen LogP contribution in [0.3, 0.4) is 0 Å². The maximum atomic E-state index is 12.2. The van der Waals surface area contributed by atoms with Gasteiger partial charge in [-0.25, -0.2) is 0 Å². The van der Waals surface area contributed by atoms with E-state index in [0.717, 1.165) is 10.9 Å². The van der Waals surface area contributed by atoms with Crippen LogP contribution >= 0.6 is 15.9 Å². The van der Waals surface area contributed by atoms with Gasteiger partial charge < -0.3 is 10.0 Å². The summed E-state index contributed by atoms with van der Waals surface area (Å²) in [5.74, 6) is -0.0861. The fraction of sp³-hybridized carbons (Fsp3) is 0.308. The quantitative estimate of drug-likeness (QED) is 0.809. The number of carbonyl (C=O) groups excluding carboxylic acids is 1. The summed E-state index contributed by atoms with van der Waals surface area (Å²) in [7, 11) is 0. The van der Waals surface area contributed by atoms with Crippen LogP contribution in [0, 0.1) is 0 Å². The van der Waals surface area contributed by atoms with Crippen molar-refractivity contribution in [3.63, 3.8) is 0 Å².